The van der Waals surface area contributed by atoms with Crippen LogP contribution in [-0.2, 0) is 33.2 Å². The lowest BCUT2D eigenvalue weighted by molar-refractivity contribution is -0.0213. The maximum Gasteiger partial charge on any atom is 0.150 e. The Kier molecular flexibility index (Phi) is 24.8. The quantitative estimate of drug-likeness (QED) is 0.113. The number of hydrogen-bond donors (Lipinski definition) is 0. The highest BCUT2D eigenvalue weighted by Crippen LogP contribution is 2.10. The molecule has 0 radical (unpaired) electrons. The predicted octanol–water partition coefficient (Wildman–Crippen LogP) is 3.96. The molecule has 214 valence electrons. The molecular weight excluding hydrogens is 480 g/mol. The molecule has 0 aliphatic heterocycles. The molecule has 0 heterocycles. The molecule has 9 nitrogen and oxygen atoms in total. The van der Waals surface area contributed by atoms with Gasteiger partial charge >= 0.3 is 0 Å². The third-order valence-electron chi connectivity index (χ3n) is 5.14. The Hall–Kier alpha value is -1.59. The molecule has 0 aliphatic carbocycles. The van der Waals surface area contributed by atoms with E-state index in [2.05, 4.69) is 6.92 Å². The van der Waals surface area contributed by atoms with Crippen molar-refractivity contribution in [1.82, 2.24) is 0 Å². The topological polar surface area (TPSA) is 90.9 Å². The maximum atomic E-state index is 10.6. The SMILES string of the molecule is CCCCCCCOCCOCCOCCOCCOCCOCCOCCOc1ccc(C=O)cc1. The van der Waals surface area contributed by atoms with Gasteiger partial charge in [0.15, 0.2) is 0 Å². The Bertz CT molecular complexity index is 598. The van der Waals surface area contributed by atoms with E-state index < -0.39 is 0 Å². The van der Waals surface area contributed by atoms with E-state index in [0.717, 1.165) is 19.3 Å². The van der Waals surface area contributed by atoms with E-state index in [0.29, 0.717) is 104 Å². The molecule has 1 rings (SSSR count). The Morgan fingerprint density at radius 3 is 1.27 bits per heavy atom. The number of ether oxygens (including phenoxy) is 8. The fourth-order valence-corrected chi connectivity index (χ4v) is 3.09. The van der Waals surface area contributed by atoms with Crippen LogP contribution < -0.4 is 4.74 Å². The van der Waals surface area contributed by atoms with Gasteiger partial charge in [-0.15, -0.1) is 0 Å². The van der Waals surface area contributed by atoms with Crippen LogP contribution >= 0.6 is 0 Å². The van der Waals surface area contributed by atoms with Gasteiger partial charge < -0.3 is 37.9 Å². The van der Waals surface area contributed by atoms with Crippen molar-refractivity contribution in [3.63, 3.8) is 0 Å². The van der Waals surface area contributed by atoms with Gasteiger partial charge in [-0.05, 0) is 30.7 Å². The first-order valence-electron chi connectivity index (χ1n) is 13.6. The molecule has 0 bridgehead atoms. The Morgan fingerprint density at radius 1 is 0.486 bits per heavy atom. The summed E-state index contributed by atoms with van der Waals surface area (Å²) in [6.07, 6.45) is 7.08. The second kappa shape index (κ2) is 27.4. The van der Waals surface area contributed by atoms with Crippen molar-refractivity contribution in [1.29, 1.82) is 0 Å². The zero-order chi connectivity index (χ0) is 26.5. The van der Waals surface area contributed by atoms with Crippen LogP contribution in [0, 0.1) is 0 Å². The van der Waals surface area contributed by atoms with Crippen LogP contribution in [-0.4, -0.2) is 105 Å². The summed E-state index contributed by atoms with van der Waals surface area (Å²) in [4.78, 5) is 10.6. The first-order chi connectivity index (χ1) is 18.4. The lowest BCUT2D eigenvalue weighted by Crippen LogP contribution is -2.15. The summed E-state index contributed by atoms with van der Waals surface area (Å²) in [5, 5.41) is 0. The van der Waals surface area contributed by atoms with Crippen molar-refractivity contribution < 1.29 is 42.7 Å². The number of carbonyl (C=O) groups excluding carboxylic acids is 1. The molecule has 0 aliphatic rings. The van der Waals surface area contributed by atoms with Gasteiger partial charge in [0.25, 0.3) is 0 Å². The lowest BCUT2D eigenvalue weighted by atomic mass is 10.2. The summed E-state index contributed by atoms with van der Waals surface area (Å²) in [5.74, 6) is 0.712. The molecule has 0 atom stereocenters. The summed E-state index contributed by atoms with van der Waals surface area (Å²) in [7, 11) is 0. The zero-order valence-corrected chi connectivity index (χ0v) is 22.7. The second-order valence-electron chi connectivity index (χ2n) is 8.24. The summed E-state index contributed by atoms with van der Waals surface area (Å²) >= 11 is 0. The standard InChI is InChI=1S/C28H48O9/c1-2-3-4-5-6-11-30-12-13-31-14-15-32-16-17-33-18-19-34-20-21-35-22-23-36-24-25-37-28-9-7-27(26-29)8-10-28/h7-10,26H,2-6,11-25H2,1H3. The van der Waals surface area contributed by atoms with Gasteiger partial charge in [-0.3, -0.25) is 4.79 Å². The Morgan fingerprint density at radius 2 is 0.865 bits per heavy atom. The molecule has 0 N–H and O–H groups in total. The molecule has 9 heteroatoms. The first-order valence-corrected chi connectivity index (χ1v) is 13.6. The van der Waals surface area contributed by atoms with Crippen LogP contribution in [0.1, 0.15) is 49.4 Å². The van der Waals surface area contributed by atoms with E-state index in [9.17, 15) is 4.79 Å². The van der Waals surface area contributed by atoms with E-state index >= 15 is 0 Å². The van der Waals surface area contributed by atoms with Crippen molar-refractivity contribution >= 4 is 6.29 Å². The molecule has 0 fully saturated rings. The smallest absolute Gasteiger partial charge is 0.150 e. The van der Waals surface area contributed by atoms with Crippen molar-refractivity contribution in [2.24, 2.45) is 0 Å². The number of carbonyl (C=O) groups is 1. The van der Waals surface area contributed by atoms with Gasteiger partial charge in [0.2, 0.25) is 0 Å². The molecule has 1 aromatic rings. The third-order valence-corrected chi connectivity index (χ3v) is 5.14. The van der Waals surface area contributed by atoms with Gasteiger partial charge in [-0.25, -0.2) is 0 Å². The highest BCUT2D eigenvalue weighted by molar-refractivity contribution is 5.74. The summed E-state index contributed by atoms with van der Waals surface area (Å²) in [5.41, 5.74) is 0.625. The number of unbranched alkanes of at least 4 members (excludes halogenated alkanes) is 4. The molecule has 0 saturated carbocycles. The number of benzene rings is 1. The minimum atomic E-state index is 0.442. The average Bonchev–Trinajstić information content (AvgIpc) is 2.93. The average molecular weight is 529 g/mol. The molecule has 0 amide bonds. The summed E-state index contributed by atoms with van der Waals surface area (Å²) < 4.78 is 43.9. The van der Waals surface area contributed by atoms with Crippen LogP contribution in [0.5, 0.6) is 5.75 Å². The summed E-state index contributed by atoms with van der Waals surface area (Å²) in [6, 6.07) is 6.96. The number of aldehydes is 1. The molecule has 37 heavy (non-hydrogen) atoms. The Balaban J connectivity index is 1.67. The highest BCUT2D eigenvalue weighted by atomic mass is 16.6. The maximum absolute atomic E-state index is 10.6. The zero-order valence-electron chi connectivity index (χ0n) is 22.7. The van der Waals surface area contributed by atoms with Gasteiger partial charge in [-0.1, -0.05) is 32.6 Å². The third kappa shape index (κ3) is 23.3. The van der Waals surface area contributed by atoms with Crippen molar-refractivity contribution in [3.8, 4) is 5.75 Å². The molecule has 1 aromatic carbocycles. The van der Waals surface area contributed by atoms with Crippen LogP contribution in [0.4, 0.5) is 0 Å². The highest BCUT2D eigenvalue weighted by Gasteiger charge is 1.97. The fourth-order valence-electron chi connectivity index (χ4n) is 3.09. The molecule has 0 unspecified atom stereocenters. The van der Waals surface area contributed by atoms with Crippen molar-refractivity contribution in [3.05, 3.63) is 29.8 Å². The van der Waals surface area contributed by atoms with Gasteiger partial charge in [0, 0.05) is 12.2 Å². The van der Waals surface area contributed by atoms with Crippen LogP contribution in [0.3, 0.4) is 0 Å². The van der Waals surface area contributed by atoms with Gasteiger partial charge in [0.1, 0.15) is 18.6 Å². The lowest BCUT2D eigenvalue weighted by Gasteiger charge is -2.09. The van der Waals surface area contributed by atoms with E-state index in [1.54, 1.807) is 24.3 Å². The van der Waals surface area contributed by atoms with E-state index in [4.69, 9.17) is 37.9 Å². The van der Waals surface area contributed by atoms with Crippen LogP contribution in [0.2, 0.25) is 0 Å². The molecule has 0 aromatic heterocycles. The van der Waals surface area contributed by atoms with E-state index in [1.165, 1.54) is 25.7 Å². The Labute approximate surface area is 223 Å². The number of hydrogen-bond acceptors (Lipinski definition) is 9. The molecule has 0 spiro atoms. The molecular formula is C28H48O9. The minimum Gasteiger partial charge on any atom is -0.491 e. The normalized spacial score (nSPS) is 11.2. The van der Waals surface area contributed by atoms with Crippen LogP contribution in [0.25, 0.3) is 0 Å². The monoisotopic (exact) mass is 528 g/mol. The summed E-state index contributed by atoms with van der Waals surface area (Å²) in [6.45, 7) is 10.5. The minimum absolute atomic E-state index is 0.442. The predicted molar refractivity (Wildman–Crippen MR) is 142 cm³/mol. The molecule has 0 saturated heterocycles. The second-order valence-corrected chi connectivity index (χ2v) is 8.24. The van der Waals surface area contributed by atoms with Crippen molar-refractivity contribution in [2.75, 3.05) is 99.1 Å². The van der Waals surface area contributed by atoms with Crippen LogP contribution in [0.15, 0.2) is 24.3 Å². The van der Waals surface area contributed by atoms with E-state index in [1.807, 2.05) is 0 Å². The number of rotatable bonds is 29. The first kappa shape index (κ1) is 33.4. The van der Waals surface area contributed by atoms with E-state index in [-0.39, 0.29) is 0 Å². The fraction of sp³-hybridized carbons (Fsp3) is 0.750. The van der Waals surface area contributed by atoms with Gasteiger partial charge in [-0.2, -0.15) is 0 Å². The van der Waals surface area contributed by atoms with Crippen molar-refractivity contribution in [2.45, 2.75) is 39.0 Å². The largest absolute Gasteiger partial charge is 0.491 e. The van der Waals surface area contributed by atoms with Gasteiger partial charge in [0.05, 0.1) is 85.9 Å².